The van der Waals surface area contributed by atoms with Crippen LogP contribution < -0.4 is 5.73 Å². The third-order valence-corrected chi connectivity index (χ3v) is 3.00. The lowest BCUT2D eigenvalue weighted by Crippen LogP contribution is -1.81. The Morgan fingerprint density at radius 2 is 2.06 bits per heavy atom. The second-order valence-electron chi connectivity index (χ2n) is 3.44. The van der Waals surface area contributed by atoms with Crippen LogP contribution in [0.5, 0.6) is 0 Å². The van der Waals surface area contributed by atoms with E-state index in [0.29, 0.717) is 5.82 Å². The lowest BCUT2D eigenvalue weighted by Gasteiger charge is -1.99. The first kappa shape index (κ1) is 9.41. The van der Waals surface area contributed by atoms with Crippen molar-refractivity contribution in [2.45, 2.75) is 0 Å². The Kier molecular flexibility index (Phi) is 1.97. The van der Waals surface area contributed by atoms with Crippen molar-refractivity contribution in [2.75, 3.05) is 5.73 Å². The Morgan fingerprint density at radius 1 is 1.19 bits per heavy atom. The van der Waals surface area contributed by atoms with E-state index < -0.39 is 0 Å². The Labute approximate surface area is 99.2 Å². The van der Waals surface area contributed by atoms with Crippen LogP contribution in [0, 0.1) is 0 Å². The molecule has 0 amide bonds. The lowest BCUT2D eigenvalue weighted by molar-refractivity contribution is 1.10. The number of fused-ring (bicyclic) bond motifs is 1. The van der Waals surface area contributed by atoms with Crippen molar-refractivity contribution in [3.63, 3.8) is 0 Å². The second-order valence-corrected chi connectivity index (χ2v) is 4.24. The monoisotopic (exact) mass is 277 g/mol. The smallest absolute Gasteiger partial charge is 0.145 e. The minimum absolute atomic E-state index is 0.478. The fourth-order valence-corrected chi connectivity index (χ4v) is 2.23. The van der Waals surface area contributed by atoms with Crippen molar-refractivity contribution >= 4 is 32.7 Å². The Bertz CT molecular complexity index is 654. The zero-order chi connectivity index (χ0) is 11.1. The first-order valence-electron chi connectivity index (χ1n) is 4.69. The molecular formula is C10H8BrN5. The van der Waals surface area contributed by atoms with E-state index in [2.05, 4.69) is 36.3 Å². The van der Waals surface area contributed by atoms with Gasteiger partial charge in [-0.3, -0.25) is 10.2 Å². The topological polar surface area (TPSA) is 83.4 Å². The lowest BCUT2D eigenvalue weighted by atomic mass is 10.1. The summed E-state index contributed by atoms with van der Waals surface area (Å²) in [5.74, 6) is 0.478. The number of aromatic amines is 2. The number of rotatable bonds is 1. The average molecular weight is 278 g/mol. The number of nitrogens with one attached hydrogen (secondary N) is 2. The Morgan fingerprint density at radius 3 is 2.81 bits per heavy atom. The van der Waals surface area contributed by atoms with E-state index in [0.717, 1.165) is 26.8 Å². The minimum atomic E-state index is 0.478. The molecule has 0 unspecified atom stereocenters. The quantitative estimate of drug-likeness (QED) is 0.638. The summed E-state index contributed by atoms with van der Waals surface area (Å²) in [5.41, 5.74) is 8.39. The SMILES string of the molecule is Nc1cc(-c2cccc3n[nH]c(Br)c23)[nH]n1. The second kappa shape index (κ2) is 3.34. The van der Waals surface area contributed by atoms with Gasteiger partial charge in [0.2, 0.25) is 0 Å². The number of nitrogens with two attached hydrogens (primary N) is 1. The first-order valence-corrected chi connectivity index (χ1v) is 5.49. The molecule has 0 bridgehead atoms. The summed E-state index contributed by atoms with van der Waals surface area (Å²) in [6, 6.07) is 7.69. The molecule has 0 spiro atoms. The van der Waals surface area contributed by atoms with Crippen LogP contribution in [0.25, 0.3) is 22.2 Å². The summed E-state index contributed by atoms with van der Waals surface area (Å²) in [5, 5.41) is 14.9. The number of halogens is 1. The number of nitrogen functional groups attached to an aromatic ring is 1. The molecule has 16 heavy (non-hydrogen) atoms. The maximum Gasteiger partial charge on any atom is 0.145 e. The van der Waals surface area contributed by atoms with Crippen molar-refractivity contribution in [1.82, 2.24) is 20.4 Å². The Hall–Kier alpha value is -1.82. The van der Waals surface area contributed by atoms with Gasteiger partial charge in [-0.25, -0.2) is 0 Å². The molecule has 3 rings (SSSR count). The zero-order valence-electron chi connectivity index (χ0n) is 8.16. The van der Waals surface area contributed by atoms with Gasteiger partial charge in [-0.05, 0) is 22.0 Å². The van der Waals surface area contributed by atoms with Crippen LogP contribution in [-0.2, 0) is 0 Å². The standard InChI is InChI=1S/C10H8BrN5/c11-10-9-5(7-4-8(12)15-14-7)2-1-3-6(9)13-16-10/h1-4H,(H,13,16)(H3,12,14,15). The van der Waals surface area contributed by atoms with Crippen LogP contribution in [0.2, 0.25) is 0 Å². The first-order chi connectivity index (χ1) is 7.75. The van der Waals surface area contributed by atoms with Gasteiger partial charge in [-0.1, -0.05) is 12.1 Å². The summed E-state index contributed by atoms with van der Waals surface area (Å²) >= 11 is 3.44. The summed E-state index contributed by atoms with van der Waals surface area (Å²) in [6.07, 6.45) is 0. The zero-order valence-corrected chi connectivity index (χ0v) is 9.75. The third-order valence-electron chi connectivity index (χ3n) is 2.42. The molecule has 0 aliphatic rings. The third kappa shape index (κ3) is 1.30. The van der Waals surface area contributed by atoms with Crippen molar-refractivity contribution in [2.24, 2.45) is 0 Å². The van der Waals surface area contributed by atoms with E-state index in [1.165, 1.54) is 0 Å². The molecule has 0 fully saturated rings. The highest BCUT2D eigenvalue weighted by Gasteiger charge is 2.11. The van der Waals surface area contributed by atoms with Crippen LogP contribution in [0.1, 0.15) is 0 Å². The number of nitrogens with zero attached hydrogens (tertiary/aromatic N) is 2. The fraction of sp³-hybridized carbons (Fsp3) is 0. The molecule has 4 N–H and O–H groups in total. The summed E-state index contributed by atoms with van der Waals surface area (Å²) in [6.45, 7) is 0. The predicted molar refractivity (Wildman–Crippen MR) is 65.8 cm³/mol. The van der Waals surface area contributed by atoms with Gasteiger partial charge in [0.25, 0.3) is 0 Å². The molecule has 0 radical (unpaired) electrons. The van der Waals surface area contributed by atoms with Gasteiger partial charge in [0.1, 0.15) is 10.4 Å². The van der Waals surface area contributed by atoms with E-state index >= 15 is 0 Å². The molecule has 5 nitrogen and oxygen atoms in total. The van der Waals surface area contributed by atoms with E-state index in [9.17, 15) is 0 Å². The van der Waals surface area contributed by atoms with Gasteiger partial charge in [0.05, 0.1) is 11.2 Å². The maximum absolute atomic E-state index is 5.60. The van der Waals surface area contributed by atoms with Crippen LogP contribution in [0.15, 0.2) is 28.9 Å². The molecule has 6 heteroatoms. The fourth-order valence-electron chi connectivity index (χ4n) is 1.73. The molecule has 80 valence electrons. The molecule has 0 saturated carbocycles. The van der Waals surface area contributed by atoms with E-state index in [4.69, 9.17) is 5.73 Å². The van der Waals surface area contributed by atoms with Crippen LogP contribution in [0.3, 0.4) is 0 Å². The highest BCUT2D eigenvalue weighted by Crippen LogP contribution is 2.31. The summed E-state index contributed by atoms with van der Waals surface area (Å²) in [4.78, 5) is 0. The van der Waals surface area contributed by atoms with E-state index in [1.807, 2.05) is 18.2 Å². The molecule has 3 aromatic rings. The van der Waals surface area contributed by atoms with Crippen LogP contribution in [0.4, 0.5) is 5.82 Å². The highest BCUT2D eigenvalue weighted by molar-refractivity contribution is 9.10. The number of hydrogen-bond acceptors (Lipinski definition) is 3. The molecule has 0 saturated heterocycles. The molecule has 0 atom stereocenters. The molecule has 0 aliphatic heterocycles. The van der Waals surface area contributed by atoms with E-state index in [1.54, 1.807) is 6.07 Å². The van der Waals surface area contributed by atoms with E-state index in [-0.39, 0.29) is 0 Å². The minimum Gasteiger partial charge on any atom is -0.382 e. The predicted octanol–water partition coefficient (Wildman–Crippen LogP) is 2.30. The van der Waals surface area contributed by atoms with Gasteiger partial charge < -0.3 is 5.73 Å². The van der Waals surface area contributed by atoms with Crippen molar-refractivity contribution in [3.05, 3.63) is 28.9 Å². The van der Waals surface area contributed by atoms with Crippen molar-refractivity contribution in [3.8, 4) is 11.3 Å². The number of hydrogen-bond donors (Lipinski definition) is 3. The number of aromatic nitrogens is 4. The van der Waals surface area contributed by atoms with Crippen molar-refractivity contribution in [1.29, 1.82) is 0 Å². The summed E-state index contributed by atoms with van der Waals surface area (Å²) in [7, 11) is 0. The average Bonchev–Trinajstić information content (AvgIpc) is 2.86. The van der Waals surface area contributed by atoms with Crippen molar-refractivity contribution < 1.29 is 0 Å². The molecule has 1 aromatic carbocycles. The van der Waals surface area contributed by atoms with Gasteiger partial charge >= 0.3 is 0 Å². The molecular weight excluding hydrogens is 270 g/mol. The number of benzene rings is 1. The molecule has 0 aliphatic carbocycles. The number of anilines is 1. The number of H-pyrrole nitrogens is 2. The van der Waals surface area contributed by atoms with Gasteiger partial charge in [-0.15, -0.1) is 0 Å². The Balaban J connectivity index is 2.34. The highest BCUT2D eigenvalue weighted by atomic mass is 79.9. The largest absolute Gasteiger partial charge is 0.382 e. The van der Waals surface area contributed by atoms with Gasteiger partial charge in [0, 0.05) is 17.0 Å². The summed E-state index contributed by atoms with van der Waals surface area (Å²) < 4.78 is 0.853. The van der Waals surface area contributed by atoms with Gasteiger partial charge in [0.15, 0.2) is 0 Å². The van der Waals surface area contributed by atoms with Gasteiger partial charge in [-0.2, -0.15) is 10.2 Å². The molecule has 2 heterocycles. The normalized spacial score (nSPS) is 11.1. The maximum atomic E-state index is 5.60. The van der Waals surface area contributed by atoms with Crippen LogP contribution >= 0.6 is 15.9 Å². The van der Waals surface area contributed by atoms with Crippen LogP contribution in [-0.4, -0.2) is 20.4 Å². The molecule has 2 aromatic heterocycles.